The van der Waals surface area contributed by atoms with E-state index in [9.17, 15) is 13.6 Å². The van der Waals surface area contributed by atoms with E-state index in [-0.39, 0.29) is 5.91 Å². The van der Waals surface area contributed by atoms with Crippen LogP contribution in [0.25, 0.3) is 0 Å². The van der Waals surface area contributed by atoms with Gasteiger partial charge in [-0.2, -0.15) is 8.78 Å². The van der Waals surface area contributed by atoms with E-state index in [0.717, 1.165) is 10.0 Å². The fourth-order valence-electron chi connectivity index (χ4n) is 1.83. The molecule has 0 radical (unpaired) electrons. The Hall–Kier alpha value is -1.40. The fourth-order valence-corrected chi connectivity index (χ4v) is 3.03. The van der Waals surface area contributed by atoms with E-state index in [2.05, 4.69) is 21.2 Å². The Labute approximate surface area is 134 Å². The van der Waals surface area contributed by atoms with Crippen LogP contribution in [-0.2, 0) is 0 Å². The van der Waals surface area contributed by atoms with E-state index in [0.29, 0.717) is 27.9 Å². The molecule has 0 aliphatic heterocycles. The number of hydrogen-bond acceptors (Lipinski definition) is 2. The van der Waals surface area contributed by atoms with Crippen LogP contribution in [0.3, 0.4) is 0 Å². The molecule has 110 valence electrons. The van der Waals surface area contributed by atoms with Gasteiger partial charge in [0, 0.05) is 14.9 Å². The van der Waals surface area contributed by atoms with E-state index < -0.39 is 5.76 Å². The Morgan fingerprint density at radius 1 is 1.24 bits per heavy atom. The Kier molecular flexibility index (Phi) is 5.36. The van der Waals surface area contributed by atoms with Crippen molar-refractivity contribution in [1.82, 2.24) is 0 Å². The van der Waals surface area contributed by atoms with Crippen LogP contribution in [0, 0.1) is 6.92 Å². The molecule has 0 saturated carbocycles. The highest BCUT2D eigenvalue weighted by Gasteiger charge is 2.13. The van der Waals surface area contributed by atoms with Gasteiger partial charge in [0.1, 0.15) is 0 Å². The zero-order chi connectivity index (χ0) is 15.4. The molecule has 21 heavy (non-hydrogen) atoms. The number of nitrogens with one attached hydrogen (secondary N) is 1. The molecule has 0 fully saturated rings. The average Bonchev–Trinajstić information content (AvgIpc) is 2.39. The standard InChI is InChI=1S/C15H12BrF2NOS/c1-9-6-10(8-11(16)7-9)14(20)19-12-4-2-3-5-13(12)21-15(17)18/h2-8,15H,1H3,(H,19,20). The fraction of sp³-hybridized carbons (Fsp3) is 0.133. The first-order valence-corrected chi connectivity index (χ1v) is 7.75. The van der Waals surface area contributed by atoms with E-state index in [1.807, 2.05) is 13.0 Å². The molecular formula is C15H12BrF2NOS. The van der Waals surface area contributed by atoms with E-state index in [1.54, 1.807) is 36.4 Å². The van der Waals surface area contributed by atoms with Crippen LogP contribution < -0.4 is 5.32 Å². The lowest BCUT2D eigenvalue weighted by Crippen LogP contribution is -2.12. The molecular weight excluding hydrogens is 360 g/mol. The van der Waals surface area contributed by atoms with Crippen LogP contribution in [0.2, 0.25) is 0 Å². The number of amides is 1. The molecule has 0 saturated heterocycles. The van der Waals surface area contributed by atoms with E-state index in [4.69, 9.17) is 0 Å². The summed E-state index contributed by atoms with van der Waals surface area (Å²) in [5, 5.41) is 2.67. The third-order valence-electron chi connectivity index (χ3n) is 2.66. The lowest BCUT2D eigenvalue weighted by atomic mass is 10.1. The number of benzene rings is 2. The van der Waals surface area contributed by atoms with Gasteiger partial charge >= 0.3 is 0 Å². The highest BCUT2D eigenvalue weighted by molar-refractivity contribution is 9.10. The second-order valence-corrected chi connectivity index (χ2v) is 6.29. The Bertz CT molecular complexity index is 644. The second kappa shape index (κ2) is 7.04. The van der Waals surface area contributed by atoms with E-state index in [1.165, 1.54) is 0 Å². The number of carbonyl (C=O) groups is 1. The summed E-state index contributed by atoms with van der Waals surface area (Å²) in [6, 6.07) is 11.8. The zero-order valence-corrected chi connectivity index (χ0v) is 13.5. The summed E-state index contributed by atoms with van der Waals surface area (Å²) in [7, 11) is 0. The van der Waals surface area contributed by atoms with Gasteiger partial charge in [-0.05, 0) is 42.8 Å². The molecule has 0 bridgehead atoms. The molecule has 6 heteroatoms. The molecule has 0 atom stereocenters. The van der Waals surface area contributed by atoms with Gasteiger partial charge in [-0.3, -0.25) is 4.79 Å². The summed E-state index contributed by atoms with van der Waals surface area (Å²) in [5.41, 5.74) is 1.79. The van der Waals surface area contributed by atoms with Gasteiger partial charge < -0.3 is 5.32 Å². The van der Waals surface area contributed by atoms with Gasteiger partial charge in [0.15, 0.2) is 0 Å². The first kappa shape index (κ1) is 16.0. The molecule has 0 aromatic heterocycles. The smallest absolute Gasteiger partial charge is 0.288 e. The number of rotatable bonds is 4. The third kappa shape index (κ3) is 4.54. The summed E-state index contributed by atoms with van der Waals surface area (Å²) in [5.74, 6) is -2.86. The lowest BCUT2D eigenvalue weighted by Gasteiger charge is -2.11. The monoisotopic (exact) mass is 371 g/mol. The topological polar surface area (TPSA) is 29.1 Å². The minimum absolute atomic E-state index is 0.332. The quantitative estimate of drug-likeness (QED) is 0.736. The molecule has 2 aromatic carbocycles. The molecule has 0 heterocycles. The SMILES string of the molecule is Cc1cc(Br)cc(C(=O)Nc2ccccc2SC(F)F)c1. The van der Waals surface area contributed by atoms with Crippen molar-refractivity contribution in [3.63, 3.8) is 0 Å². The molecule has 0 aliphatic rings. The van der Waals surface area contributed by atoms with Gasteiger partial charge in [-0.15, -0.1) is 0 Å². The number of alkyl halides is 2. The molecule has 1 N–H and O–H groups in total. The first-order valence-electron chi connectivity index (χ1n) is 6.08. The summed E-state index contributed by atoms with van der Waals surface area (Å²) in [4.78, 5) is 12.6. The molecule has 2 rings (SSSR count). The van der Waals surface area contributed by atoms with Crippen LogP contribution in [0.1, 0.15) is 15.9 Å². The van der Waals surface area contributed by atoms with Crippen molar-refractivity contribution in [2.45, 2.75) is 17.6 Å². The van der Waals surface area contributed by atoms with Crippen LogP contribution >= 0.6 is 27.7 Å². The predicted octanol–water partition coefficient (Wildman–Crippen LogP) is 5.32. The van der Waals surface area contributed by atoms with Crippen molar-refractivity contribution in [1.29, 1.82) is 0 Å². The highest BCUT2D eigenvalue weighted by atomic mass is 79.9. The Balaban J connectivity index is 2.23. The summed E-state index contributed by atoms with van der Waals surface area (Å²) in [6.07, 6.45) is 0. The minimum atomic E-state index is -2.53. The van der Waals surface area contributed by atoms with Crippen molar-refractivity contribution in [3.8, 4) is 0 Å². The molecule has 0 unspecified atom stereocenters. The Morgan fingerprint density at radius 2 is 1.95 bits per heavy atom. The lowest BCUT2D eigenvalue weighted by molar-refractivity contribution is 0.102. The second-order valence-electron chi connectivity index (χ2n) is 4.35. The first-order chi connectivity index (χ1) is 9.95. The van der Waals surface area contributed by atoms with Gasteiger partial charge in [-0.1, -0.05) is 39.8 Å². The van der Waals surface area contributed by atoms with Gasteiger partial charge in [-0.25, -0.2) is 0 Å². The highest BCUT2D eigenvalue weighted by Crippen LogP contribution is 2.32. The van der Waals surface area contributed by atoms with Crippen LogP contribution in [0.5, 0.6) is 0 Å². The van der Waals surface area contributed by atoms with Crippen molar-refractivity contribution >= 4 is 39.3 Å². The van der Waals surface area contributed by atoms with Crippen LogP contribution in [0.15, 0.2) is 51.8 Å². The largest absolute Gasteiger partial charge is 0.321 e. The van der Waals surface area contributed by atoms with Crippen molar-refractivity contribution in [3.05, 3.63) is 58.1 Å². The molecule has 2 nitrogen and oxygen atoms in total. The van der Waals surface area contributed by atoms with Crippen molar-refractivity contribution in [2.75, 3.05) is 5.32 Å². The predicted molar refractivity (Wildman–Crippen MR) is 85.1 cm³/mol. The van der Waals surface area contributed by atoms with Crippen molar-refractivity contribution < 1.29 is 13.6 Å². The van der Waals surface area contributed by atoms with Crippen LogP contribution in [0.4, 0.5) is 14.5 Å². The maximum Gasteiger partial charge on any atom is 0.288 e. The maximum absolute atomic E-state index is 12.5. The van der Waals surface area contributed by atoms with E-state index >= 15 is 0 Å². The Morgan fingerprint density at radius 3 is 2.62 bits per heavy atom. The number of thioether (sulfide) groups is 1. The van der Waals surface area contributed by atoms with Gasteiger partial charge in [0.25, 0.3) is 11.7 Å². The van der Waals surface area contributed by atoms with Gasteiger partial charge in [0.2, 0.25) is 0 Å². The van der Waals surface area contributed by atoms with Crippen molar-refractivity contribution in [2.24, 2.45) is 0 Å². The number of halogens is 3. The summed E-state index contributed by atoms with van der Waals surface area (Å²) < 4.78 is 25.8. The number of hydrogen-bond donors (Lipinski definition) is 1. The van der Waals surface area contributed by atoms with Gasteiger partial charge in [0.05, 0.1) is 5.69 Å². The minimum Gasteiger partial charge on any atom is -0.321 e. The third-order valence-corrected chi connectivity index (χ3v) is 3.90. The molecule has 0 aliphatic carbocycles. The average molecular weight is 372 g/mol. The number of aryl methyl sites for hydroxylation is 1. The maximum atomic E-state index is 12.5. The number of para-hydroxylation sites is 1. The number of carbonyl (C=O) groups excluding carboxylic acids is 1. The molecule has 1 amide bonds. The summed E-state index contributed by atoms with van der Waals surface area (Å²) >= 11 is 3.74. The number of anilines is 1. The molecule has 2 aromatic rings. The molecule has 0 spiro atoms. The zero-order valence-electron chi connectivity index (χ0n) is 11.1. The normalized spacial score (nSPS) is 10.7. The summed E-state index contributed by atoms with van der Waals surface area (Å²) in [6.45, 7) is 1.88. The van der Waals surface area contributed by atoms with Crippen LogP contribution in [-0.4, -0.2) is 11.7 Å².